The molecule has 0 amide bonds. The van der Waals surface area contributed by atoms with E-state index in [-0.39, 0.29) is 18.1 Å². The molecule has 0 N–H and O–H groups in total. The molecule has 0 fully saturated rings. The zero-order chi connectivity index (χ0) is 19.7. The average Bonchev–Trinajstić information content (AvgIpc) is 2.98. The molecule has 3 aromatic rings. The molecule has 0 aromatic heterocycles. The minimum atomic E-state index is -0.192. The Bertz CT molecular complexity index is 1110. The third-order valence-corrected chi connectivity index (χ3v) is 5.17. The van der Waals surface area contributed by atoms with E-state index in [0.29, 0.717) is 37.7 Å². The van der Waals surface area contributed by atoms with E-state index in [4.69, 9.17) is 44.3 Å². The number of rotatable bonds is 4. The monoisotopic (exact) mass is 430 g/mol. The van der Waals surface area contributed by atoms with Crippen LogP contribution in [0.4, 0.5) is 0 Å². The van der Waals surface area contributed by atoms with Crippen LogP contribution in [-0.4, -0.2) is 5.78 Å². The summed E-state index contributed by atoms with van der Waals surface area (Å²) in [6.07, 6.45) is 1.64. The summed E-state index contributed by atoms with van der Waals surface area (Å²) in [7, 11) is 0. The van der Waals surface area contributed by atoms with Crippen molar-refractivity contribution < 1.29 is 14.3 Å². The summed E-state index contributed by atoms with van der Waals surface area (Å²) >= 11 is 18.2. The molecular weight excluding hydrogens is 419 g/mol. The average molecular weight is 432 g/mol. The number of halogens is 3. The number of hydrogen-bond acceptors (Lipinski definition) is 3. The van der Waals surface area contributed by atoms with E-state index in [1.807, 2.05) is 24.3 Å². The van der Waals surface area contributed by atoms with Gasteiger partial charge in [-0.05, 0) is 42.0 Å². The number of Topliss-reactive ketones (excluding diaryl/α,β-unsaturated/α-hetero) is 1. The van der Waals surface area contributed by atoms with E-state index < -0.39 is 0 Å². The lowest BCUT2D eigenvalue weighted by atomic mass is 10.1. The van der Waals surface area contributed by atoms with Crippen LogP contribution in [0.15, 0.2) is 66.4 Å². The second-order valence-electron chi connectivity index (χ2n) is 6.14. The van der Waals surface area contributed by atoms with Gasteiger partial charge in [-0.25, -0.2) is 0 Å². The number of ketones is 1. The van der Waals surface area contributed by atoms with Crippen LogP contribution in [0, 0.1) is 0 Å². The van der Waals surface area contributed by atoms with Crippen LogP contribution in [0.25, 0.3) is 6.08 Å². The molecule has 0 saturated carbocycles. The molecule has 0 radical (unpaired) electrons. The van der Waals surface area contributed by atoms with Gasteiger partial charge in [0.05, 0.1) is 5.56 Å². The number of ether oxygens (including phenoxy) is 2. The van der Waals surface area contributed by atoms with Crippen LogP contribution in [0.1, 0.15) is 21.5 Å². The SMILES string of the molecule is O=C1/C(=C/c2ccccc2Cl)Oc2cc(OCc3ccc(Cl)cc3Cl)ccc21. The lowest BCUT2D eigenvalue weighted by Gasteiger charge is -2.09. The number of allylic oxidation sites excluding steroid dienone is 1. The van der Waals surface area contributed by atoms with E-state index in [9.17, 15) is 4.79 Å². The zero-order valence-corrected chi connectivity index (χ0v) is 16.7. The van der Waals surface area contributed by atoms with Crippen molar-refractivity contribution >= 4 is 46.7 Å². The molecule has 6 heteroatoms. The molecule has 0 saturated heterocycles. The van der Waals surface area contributed by atoms with Gasteiger partial charge >= 0.3 is 0 Å². The van der Waals surface area contributed by atoms with Crippen molar-refractivity contribution in [3.63, 3.8) is 0 Å². The number of fused-ring (bicyclic) bond motifs is 1. The second-order valence-corrected chi connectivity index (χ2v) is 7.39. The summed E-state index contributed by atoms with van der Waals surface area (Å²) in [4.78, 5) is 12.6. The van der Waals surface area contributed by atoms with Crippen LogP contribution in [-0.2, 0) is 6.61 Å². The summed E-state index contributed by atoms with van der Waals surface area (Å²) in [6, 6.07) is 17.6. The molecule has 28 heavy (non-hydrogen) atoms. The summed E-state index contributed by atoms with van der Waals surface area (Å²) in [6.45, 7) is 0.269. The van der Waals surface area contributed by atoms with Gasteiger partial charge < -0.3 is 9.47 Å². The van der Waals surface area contributed by atoms with Gasteiger partial charge in [0.1, 0.15) is 18.1 Å². The normalized spacial score (nSPS) is 14.1. The summed E-state index contributed by atoms with van der Waals surface area (Å²) in [5.74, 6) is 1.04. The molecule has 0 spiro atoms. The first-order valence-electron chi connectivity index (χ1n) is 8.41. The molecular formula is C22H13Cl3O3. The molecule has 1 heterocycles. The molecule has 140 valence electrons. The minimum absolute atomic E-state index is 0.192. The first-order valence-corrected chi connectivity index (χ1v) is 9.54. The smallest absolute Gasteiger partial charge is 0.231 e. The van der Waals surface area contributed by atoms with Gasteiger partial charge in [0.15, 0.2) is 5.76 Å². The highest BCUT2D eigenvalue weighted by atomic mass is 35.5. The topological polar surface area (TPSA) is 35.5 Å². The number of benzene rings is 3. The first-order chi connectivity index (χ1) is 13.5. The maximum absolute atomic E-state index is 12.6. The Morgan fingerprint density at radius 2 is 1.75 bits per heavy atom. The highest BCUT2D eigenvalue weighted by Crippen LogP contribution is 2.36. The van der Waals surface area contributed by atoms with Gasteiger partial charge in [-0.1, -0.05) is 59.1 Å². The summed E-state index contributed by atoms with van der Waals surface area (Å²) in [5, 5.41) is 1.65. The lowest BCUT2D eigenvalue weighted by molar-refractivity contribution is 0.101. The van der Waals surface area contributed by atoms with Crippen molar-refractivity contribution in [1.82, 2.24) is 0 Å². The van der Waals surface area contributed by atoms with Crippen molar-refractivity contribution in [2.75, 3.05) is 0 Å². The Morgan fingerprint density at radius 3 is 2.54 bits per heavy atom. The summed E-state index contributed by atoms with van der Waals surface area (Å²) < 4.78 is 11.5. The highest BCUT2D eigenvalue weighted by molar-refractivity contribution is 6.35. The van der Waals surface area contributed by atoms with Crippen molar-refractivity contribution in [3.8, 4) is 11.5 Å². The Labute approximate surface area is 177 Å². The van der Waals surface area contributed by atoms with Crippen LogP contribution in [0.3, 0.4) is 0 Å². The van der Waals surface area contributed by atoms with Gasteiger partial charge in [0.2, 0.25) is 5.78 Å². The third kappa shape index (κ3) is 3.88. The van der Waals surface area contributed by atoms with Crippen LogP contribution in [0.2, 0.25) is 15.1 Å². The van der Waals surface area contributed by atoms with Gasteiger partial charge in [0.25, 0.3) is 0 Å². The second kappa shape index (κ2) is 7.88. The molecule has 0 unspecified atom stereocenters. The maximum Gasteiger partial charge on any atom is 0.231 e. The molecule has 3 aromatic carbocycles. The third-order valence-electron chi connectivity index (χ3n) is 4.24. The van der Waals surface area contributed by atoms with E-state index in [0.717, 1.165) is 5.56 Å². The van der Waals surface area contributed by atoms with Crippen LogP contribution in [0.5, 0.6) is 11.5 Å². The fraction of sp³-hybridized carbons (Fsp3) is 0.0455. The van der Waals surface area contributed by atoms with E-state index in [1.165, 1.54) is 0 Å². The lowest BCUT2D eigenvalue weighted by Crippen LogP contribution is -1.98. The van der Waals surface area contributed by atoms with Crippen molar-refractivity contribution in [1.29, 1.82) is 0 Å². The summed E-state index contributed by atoms with van der Waals surface area (Å²) in [5.41, 5.74) is 2.01. The zero-order valence-electron chi connectivity index (χ0n) is 14.4. The maximum atomic E-state index is 12.6. The first kappa shape index (κ1) is 18.9. The van der Waals surface area contributed by atoms with Crippen molar-refractivity contribution in [2.24, 2.45) is 0 Å². The van der Waals surface area contributed by atoms with E-state index in [2.05, 4.69) is 0 Å². The molecule has 0 bridgehead atoms. The van der Waals surface area contributed by atoms with Crippen molar-refractivity contribution in [2.45, 2.75) is 6.61 Å². The Morgan fingerprint density at radius 1 is 0.929 bits per heavy atom. The Hall–Kier alpha value is -2.46. The van der Waals surface area contributed by atoms with Crippen molar-refractivity contribution in [3.05, 3.63) is 98.2 Å². The minimum Gasteiger partial charge on any atom is -0.489 e. The van der Waals surface area contributed by atoms with E-state index in [1.54, 1.807) is 42.5 Å². The largest absolute Gasteiger partial charge is 0.489 e. The predicted molar refractivity (Wildman–Crippen MR) is 112 cm³/mol. The van der Waals surface area contributed by atoms with Gasteiger partial charge in [-0.3, -0.25) is 4.79 Å². The molecule has 1 aliphatic rings. The van der Waals surface area contributed by atoms with Gasteiger partial charge in [-0.2, -0.15) is 0 Å². The number of carbonyl (C=O) groups excluding carboxylic acids is 1. The number of carbonyl (C=O) groups is 1. The molecule has 0 atom stereocenters. The standard InChI is InChI=1S/C22H13Cl3O3/c23-15-6-5-14(19(25)10-15)12-27-16-7-8-17-20(11-16)28-21(22(17)26)9-13-3-1-2-4-18(13)24/h1-11H,12H2/b21-9-. The predicted octanol–water partition coefficient (Wildman–Crippen LogP) is 6.84. The fourth-order valence-corrected chi connectivity index (χ4v) is 3.44. The van der Waals surface area contributed by atoms with Gasteiger partial charge in [-0.15, -0.1) is 0 Å². The van der Waals surface area contributed by atoms with E-state index >= 15 is 0 Å². The highest BCUT2D eigenvalue weighted by Gasteiger charge is 2.28. The number of hydrogen-bond donors (Lipinski definition) is 0. The molecule has 3 nitrogen and oxygen atoms in total. The molecule has 1 aliphatic heterocycles. The Kier molecular flexibility index (Phi) is 5.31. The fourth-order valence-electron chi connectivity index (χ4n) is 2.79. The van der Waals surface area contributed by atoms with Crippen LogP contribution < -0.4 is 9.47 Å². The molecule has 0 aliphatic carbocycles. The quantitative estimate of drug-likeness (QED) is 0.424. The van der Waals surface area contributed by atoms with Gasteiger partial charge in [0, 0.05) is 26.7 Å². The Balaban J connectivity index is 1.53. The molecule has 4 rings (SSSR count). The van der Waals surface area contributed by atoms with Crippen LogP contribution >= 0.6 is 34.8 Å².